The molecule has 2 rings (SSSR count). The van der Waals surface area contributed by atoms with E-state index in [0.717, 1.165) is 18.4 Å². The number of rotatable bonds is 5. The van der Waals surface area contributed by atoms with Gasteiger partial charge < -0.3 is 21.3 Å². The van der Waals surface area contributed by atoms with Crippen LogP contribution < -0.4 is 11.1 Å². The highest BCUT2D eigenvalue weighted by molar-refractivity contribution is 5.81. The molecule has 0 unspecified atom stereocenters. The fourth-order valence-corrected chi connectivity index (χ4v) is 2.43. The molecule has 0 bridgehead atoms. The Bertz CT molecular complexity index is 498. The van der Waals surface area contributed by atoms with Crippen LogP contribution in [0.2, 0.25) is 0 Å². The first kappa shape index (κ1) is 14.7. The second-order valence-electron chi connectivity index (χ2n) is 6.02. The molecular formula is C15H22N2O3. The molecule has 0 aliphatic heterocycles. The van der Waals surface area contributed by atoms with Crippen LogP contribution >= 0.6 is 0 Å². The summed E-state index contributed by atoms with van der Waals surface area (Å²) in [6.07, 6.45) is 3.85. The third kappa shape index (κ3) is 3.42. The van der Waals surface area contributed by atoms with E-state index in [1.54, 1.807) is 6.07 Å². The summed E-state index contributed by atoms with van der Waals surface area (Å²) in [5, 5.41) is 21.5. The molecule has 5 nitrogen and oxygen atoms in total. The molecule has 0 radical (unpaired) electrons. The number of benzene rings is 1. The molecule has 1 aliphatic rings. The maximum Gasteiger partial charge on any atom is 0.237 e. The predicted octanol–water partition coefficient (Wildman–Crippen LogP) is 1.27. The van der Waals surface area contributed by atoms with Gasteiger partial charge in [0, 0.05) is 6.54 Å². The number of carbonyl (C=O) groups excluding carboxylic acids is 1. The molecule has 1 fully saturated rings. The molecule has 1 atom stereocenters. The van der Waals surface area contributed by atoms with Crippen molar-refractivity contribution in [2.45, 2.75) is 38.6 Å². The fourth-order valence-electron chi connectivity index (χ4n) is 2.43. The Hall–Kier alpha value is -1.75. The van der Waals surface area contributed by atoms with Gasteiger partial charge in [-0.3, -0.25) is 4.79 Å². The number of phenols is 2. The molecule has 1 saturated carbocycles. The topological polar surface area (TPSA) is 95.6 Å². The van der Waals surface area contributed by atoms with Crippen molar-refractivity contribution in [3.05, 3.63) is 23.8 Å². The normalized spacial score (nSPS) is 18.1. The van der Waals surface area contributed by atoms with E-state index in [4.69, 9.17) is 5.73 Å². The molecular weight excluding hydrogens is 256 g/mol. The summed E-state index contributed by atoms with van der Waals surface area (Å²) in [5.41, 5.74) is 6.82. The molecule has 0 saturated heterocycles. The first-order chi connectivity index (χ1) is 9.39. The molecule has 20 heavy (non-hydrogen) atoms. The first-order valence-corrected chi connectivity index (χ1v) is 6.94. The minimum atomic E-state index is -0.650. The molecule has 5 N–H and O–H groups in total. The third-order valence-electron chi connectivity index (χ3n) is 4.08. The van der Waals surface area contributed by atoms with E-state index in [1.165, 1.54) is 18.6 Å². The number of amides is 1. The van der Waals surface area contributed by atoms with Crippen LogP contribution in [-0.4, -0.2) is 28.7 Å². The molecule has 1 amide bonds. The van der Waals surface area contributed by atoms with E-state index in [9.17, 15) is 15.0 Å². The average Bonchev–Trinajstić information content (AvgIpc) is 2.38. The van der Waals surface area contributed by atoms with Crippen LogP contribution in [0.1, 0.15) is 31.7 Å². The van der Waals surface area contributed by atoms with E-state index in [-0.39, 0.29) is 22.8 Å². The number of hydrogen-bond acceptors (Lipinski definition) is 4. The van der Waals surface area contributed by atoms with Crippen molar-refractivity contribution in [2.24, 2.45) is 11.1 Å². The van der Waals surface area contributed by atoms with E-state index < -0.39 is 6.04 Å². The van der Waals surface area contributed by atoms with Gasteiger partial charge in [-0.15, -0.1) is 0 Å². The number of carbonyl (C=O) groups is 1. The summed E-state index contributed by atoms with van der Waals surface area (Å²) in [7, 11) is 0. The lowest BCUT2D eigenvalue weighted by Crippen LogP contribution is -2.47. The summed E-state index contributed by atoms with van der Waals surface area (Å²) < 4.78 is 0. The maximum atomic E-state index is 11.9. The van der Waals surface area contributed by atoms with Gasteiger partial charge in [0.1, 0.15) is 0 Å². The number of hydrogen-bond donors (Lipinski definition) is 4. The maximum absolute atomic E-state index is 11.9. The number of nitrogens with one attached hydrogen (secondary N) is 1. The van der Waals surface area contributed by atoms with Gasteiger partial charge in [0.05, 0.1) is 6.04 Å². The Morgan fingerprint density at radius 3 is 2.65 bits per heavy atom. The molecule has 1 aromatic rings. The second kappa shape index (κ2) is 5.71. The molecule has 0 aromatic heterocycles. The van der Waals surface area contributed by atoms with Crippen LogP contribution in [0.5, 0.6) is 11.5 Å². The zero-order valence-electron chi connectivity index (χ0n) is 11.7. The average molecular weight is 278 g/mol. The van der Waals surface area contributed by atoms with Gasteiger partial charge in [0.25, 0.3) is 0 Å². The van der Waals surface area contributed by atoms with E-state index in [1.807, 2.05) is 0 Å². The van der Waals surface area contributed by atoms with Gasteiger partial charge in [0.2, 0.25) is 5.91 Å². The largest absolute Gasteiger partial charge is 0.504 e. The van der Waals surface area contributed by atoms with Crippen molar-refractivity contribution < 1.29 is 15.0 Å². The van der Waals surface area contributed by atoms with Crippen LogP contribution in [0, 0.1) is 5.41 Å². The highest BCUT2D eigenvalue weighted by Crippen LogP contribution is 2.39. The van der Waals surface area contributed by atoms with Crippen LogP contribution in [0.25, 0.3) is 0 Å². The Morgan fingerprint density at radius 1 is 1.40 bits per heavy atom. The standard InChI is InChI=1S/C15H22N2O3/c1-15(5-2-6-15)9-17-14(20)11(16)7-10-3-4-12(18)13(19)8-10/h3-4,8,11,18-19H,2,5-7,9,16H2,1H3,(H,17,20)/t11-/m0/s1. The number of nitrogens with two attached hydrogens (primary N) is 1. The summed E-state index contributed by atoms with van der Waals surface area (Å²) in [5.74, 6) is -0.549. The van der Waals surface area contributed by atoms with Gasteiger partial charge in [-0.25, -0.2) is 0 Å². The number of phenolic OH excluding ortho intramolecular Hbond substituents is 2. The highest BCUT2D eigenvalue weighted by atomic mass is 16.3. The molecule has 0 heterocycles. The summed E-state index contributed by atoms with van der Waals surface area (Å²) >= 11 is 0. The molecule has 5 heteroatoms. The quantitative estimate of drug-likeness (QED) is 0.610. The molecule has 110 valence electrons. The van der Waals surface area contributed by atoms with Gasteiger partial charge >= 0.3 is 0 Å². The lowest BCUT2D eigenvalue weighted by Gasteiger charge is -2.38. The van der Waals surface area contributed by atoms with Gasteiger partial charge in [0.15, 0.2) is 11.5 Å². The summed E-state index contributed by atoms with van der Waals surface area (Å²) in [6.45, 7) is 2.83. The highest BCUT2D eigenvalue weighted by Gasteiger charge is 2.32. The minimum Gasteiger partial charge on any atom is -0.504 e. The van der Waals surface area contributed by atoms with E-state index >= 15 is 0 Å². The Morgan fingerprint density at radius 2 is 2.10 bits per heavy atom. The van der Waals surface area contributed by atoms with Crippen molar-refractivity contribution in [3.8, 4) is 11.5 Å². The van der Waals surface area contributed by atoms with Crippen molar-refractivity contribution in [1.82, 2.24) is 5.32 Å². The van der Waals surface area contributed by atoms with E-state index in [0.29, 0.717) is 13.0 Å². The van der Waals surface area contributed by atoms with Crippen LogP contribution in [-0.2, 0) is 11.2 Å². The fraction of sp³-hybridized carbons (Fsp3) is 0.533. The lowest BCUT2D eigenvalue weighted by molar-refractivity contribution is -0.123. The smallest absolute Gasteiger partial charge is 0.237 e. The Kier molecular flexibility index (Phi) is 4.18. The predicted molar refractivity (Wildman–Crippen MR) is 76.4 cm³/mol. The van der Waals surface area contributed by atoms with Crippen LogP contribution in [0.4, 0.5) is 0 Å². The van der Waals surface area contributed by atoms with Gasteiger partial charge in [-0.2, -0.15) is 0 Å². The van der Waals surface area contributed by atoms with Gasteiger partial charge in [-0.1, -0.05) is 19.4 Å². The Balaban J connectivity index is 1.85. The Labute approximate surface area is 118 Å². The zero-order valence-corrected chi connectivity index (χ0v) is 11.7. The van der Waals surface area contributed by atoms with Crippen LogP contribution in [0.15, 0.2) is 18.2 Å². The second-order valence-corrected chi connectivity index (χ2v) is 6.02. The zero-order chi connectivity index (χ0) is 14.8. The minimum absolute atomic E-state index is 0.175. The van der Waals surface area contributed by atoms with Crippen molar-refractivity contribution >= 4 is 5.91 Å². The van der Waals surface area contributed by atoms with Gasteiger partial charge in [-0.05, 0) is 42.4 Å². The summed E-state index contributed by atoms with van der Waals surface area (Å²) in [4.78, 5) is 11.9. The lowest BCUT2D eigenvalue weighted by atomic mass is 9.70. The third-order valence-corrected chi connectivity index (χ3v) is 4.08. The van der Waals surface area contributed by atoms with Crippen molar-refractivity contribution in [2.75, 3.05) is 6.54 Å². The molecule has 1 aromatic carbocycles. The van der Waals surface area contributed by atoms with Crippen molar-refractivity contribution in [1.29, 1.82) is 0 Å². The SMILES string of the molecule is CC1(CNC(=O)[C@@H](N)Cc2ccc(O)c(O)c2)CCC1. The van der Waals surface area contributed by atoms with Crippen molar-refractivity contribution in [3.63, 3.8) is 0 Å². The molecule has 1 aliphatic carbocycles. The van der Waals surface area contributed by atoms with E-state index in [2.05, 4.69) is 12.2 Å². The number of aromatic hydroxyl groups is 2. The summed E-state index contributed by atoms with van der Waals surface area (Å²) in [6, 6.07) is 3.82. The molecule has 0 spiro atoms. The van der Waals surface area contributed by atoms with Crippen LogP contribution in [0.3, 0.4) is 0 Å². The first-order valence-electron chi connectivity index (χ1n) is 6.94. The monoisotopic (exact) mass is 278 g/mol.